The van der Waals surface area contributed by atoms with Crippen molar-refractivity contribution in [2.75, 3.05) is 13.1 Å². The van der Waals surface area contributed by atoms with Crippen molar-refractivity contribution >= 4 is 21.9 Å². The summed E-state index contributed by atoms with van der Waals surface area (Å²) in [6.45, 7) is 8.20. The number of carbonyl (C=O) groups excluding carboxylic acids is 2. The molecule has 3 rings (SSSR count). The first-order chi connectivity index (χ1) is 16.0. The maximum atomic E-state index is 13.1. The molecule has 1 aliphatic rings. The number of nitrogens with one attached hydrogen (secondary N) is 1. The average Bonchev–Trinajstić information content (AvgIpc) is 2.78. The van der Waals surface area contributed by atoms with E-state index in [1.807, 2.05) is 13.8 Å². The van der Waals surface area contributed by atoms with Crippen molar-refractivity contribution in [1.82, 2.24) is 9.62 Å². The zero-order chi connectivity index (χ0) is 25.0. The van der Waals surface area contributed by atoms with E-state index in [2.05, 4.69) is 5.32 Å². The molecule has 2 aromatic rings. The van der Waals surface area contributed by atoms with Gasteiger partial charge in [-0.2, -0.15) is 4.31 Å². The number of halogens is 1. The Morgan fingerprint density at radius 2 is 1.56 bits per heavy atom. The maximum Gasteiger partial charge on any atom is 0.338 e. The summed E-state index contributed by atoms with van der Waals surface area (Å²) in [5, 5.41) is 2.72. The molecule has 4 atom stereocenters. The molecule has 1 heterocycles. The van der Waals surface area contributed by atoms with E-state index in [9.17, 15) is 22.4 Å². The normalized spacial score (nSPS) is 20.9. The molecular formula is C25H31FN2O5S. The second-order valence-electron chi connectivity index (χ2n) is 9.12. The maximum absolute atomic E-state index is 13.1. The lowest BCUT2D eigenvalue weighted by molar-refractivity contribution is -0.129. The molecule has 1 aliphatic heterocycles. The minimum atomic E-state index is -3.66. The number of hydrogen-bond acceptors (Lipinski definition) is 5. The van der Waals surface area contributed by atoms with Gasteiger partial charge in [-0.15, -0.1) is 0 Å². The van der Waals surface area contributed by atoms with E-state index >= 15 is 0 Å². The third-order valence-electron chi connectivity index (χ3n) is 5.94. The van der Waals surface area contributed by atoms with Gasteiger partial charge in [-0.05, 0) is 74.1 Å². The molecule has 9 heteroatoms. The molecule has 34 heavy (non-hydrogen) atoms. The van der Waals surface area contributed by atoms with Crippen LogP contribution in [0.2, 0.25) is 0 Å². The van der Waals surface area contributed by atoms with E-state index in [0.717, 1.165) is 6.42 Å². The molecule has 0 bridgehead atoms. The number of piperidine rings is 1. The summed E-state index contributed by atoms with van der Waals surface area (Å²) in [6, 6.07) is 10.9. The fourth-order valence-electron chi connectivity index (χ4n) is 4.16. The van der Waals surface area contributed by atoms with Gasteiger partial charge < -0.3 is 10.1 Å². The summed E-state index contributed by atoms with van der Waals surface area (Å²) >= 11 is 0. The first-order valence-corrected chi connectivity index (χ1v) is 12.8. The second-order valence-corrected chi connectivity index (χ2v) is 11.1. The van der Waals surface area contributed by atoms with E-state index in [4.69, 9.17) is 4.74 Å². The van der Waals surface area contributed by atoms with Crippen molar-refractivity contribution in [3.05, 3.63) is 65.5 Å². The second kappa shape index (κ2) is 10.7. The molecule has 0 aromatic heterocycles. The highest BCUT2D eigenvalue weighted by Gasteiger charge is 2.31. The molecule has 0 radical (unpaired) electrons. The van der Waals surface area contributed by atoms with Crippen LogP contribution in [0.25, 0.3) is 0 Å². The molecule has 1 N–H and O–H groups in total. The first kappa shape index (κ1) is 25.8. The Kier molecular flexibility index (Phi) is 8.09. The number of nitrogens with zero attached hydrogens (tertiary/aromatic N) is 1. The zero-order valence-corrected chi connectivity index (χ0v) is 20.6. The van der Waals surface area contributed by atoms with Gasteiger partial charge in [0.25, 0.3) is 5.91 Å². The summed E-state index contributed by atoms with van der Waals surface area (Å²) in [5.74, 6) is -1.04. The SMILES string of the molecule is CC1CC(C)CN(S(=O)(=O)c2ccc(C(=O)OC(C)C(=O)NC(C)c3ccc(F)cc3)cc2)C1. The highest BCUT2D eigenvalue weighted by atomic mass is 32.2. The Bertz CT molecular complexity index is 1110. The number of sulfonamides is 1. The van der Waals surface area contributed by atoms with Gasteiger partial charge in [-0.3, -0.25) is 4.79 Å². The van der Waals surface area contributed by atoms with Crippen LogP contribution in [0.5, 0.6) is 0 Å². The molecule has 0 spiro atoms. The van der Waals surface area contributed by atoms with Gasteiger partial charge >= 0.3 is 5.97 Å². The van der Waals surface area contributed by atoms with E-state index in [-0.39, 0.29) is 28.1 Å². The predicted molar refractivity (Wildman–Crippen MR) is 126 cm³/mol. The van der Waals surface area contributed by atoms with E-state index in [1.165, 1.54) is 47.6 Å². The summed E-state index contributed by atoms with van der Waals surface area (Å²) < 4.78 is 45.8. The molecule has 2 aromatic carbocycles. The van der Waals surface area contributed by atoms with Crippen molar-refractivity contribution in [3.63, 3.8) is 0 Å². The van der Waals surface area contributed by atoms with Gasteiger partial charge in [0, 0.05) is 13.1 Å². The van der Waals surface area contributed by atoms with E-state index in [0.29, 0.717) is 18.7 Å². The van der Waals surface area contributed by atoms with Crippen LogP contribution >= 0.6 is 0 Å². The number of carbonyl (C=O) groups is 2. The molecule has 1 saturated heterocycles. The van der Waals surface area contributed by atoms with E-state index in [1.54, 1.807) is 19.1 Å². The quantitative estimate of drug-likeness (QED) is 0.594. The third kappa shape index (κ3) is 6.21. The monoisotopic (exact) mass is 490 g/mol. The molecule has 0 saturated carbocycles. The van der Waals surface area contributed by atoms with Crippen molar-refractivity contribution in [3.8, 4) is 0 Å². The minimum Gasteiger partial charge on any atom is -0.449 e. The fourth-order valence-corrected chi connectivity index (χ4v) is 5.84. The van der Waals surface area contributed by atoms with Crippen molar-refractivity contribution < 1.29 is 27.1 Å². The molecule has 7 nitrogen and oxygen atoms in total. The Morgan fingerprint density at radius 3 is 2.12 bits per heavy atom. The Labute approximate surface area is 200 Å². The van der Waals surface area contributed by atoms with Crippen LogP contribution in [0.4, 0.5) is 4.39 Å². The minimum absolute atomic E-state index is 0.115. The van der Waals surface area contributed by atoms with Gasteiger partial charge in [0.05, 0.1) is 16.5 Å². The van der Waals surface area contributed by atoms with E-state index < -0.39 is 34.0 Å². The zero-order valence-electron chi connectivity index (χ0n) is 19.8. The number of esters is 1. The summed E-state index contributed by atoms with van der Waals surface area (Å²) in [4.78, 5) is 25.0. The molecule has 0 aliphatic carbocycles. The molecule has 1 fully saturated rings. The smallest absolute Gasteiger partial charge is 0.338 e. The number of amides is 1. The molecule has 184 valence electrons. The van der Waals surface area contributed by atoms with Crippen LogP contribution in [0, 0.1) is 17.7 Å². The first-order valence-electron chi connectivity index (χ1n) is 11.3. The largest absolute Gasteiger partial charge is 0.449 e. The van der Waals surface area contributed by atoms with Crippen LogP contribution in [0.1, 0.15) is 56.1 Å². The molecule has 1 amide bonds. The van der Waals surface area contributed by atoms with Crippen molar-refractivity contribution in [2.24, 2.45) is 11.8 Å². The van der Waals surface area contributed by atoms with Gasteiger partial charge in [-0.25, -0.2) is 17.6 Å². The van der Waals surface area contributed by atoms with Gasteiger partial charge in [-0.1, -0.05) is 26.0 Å². The van der Waals surface area contributed by atoms with Crippen LogP contribution < -0.4 is 5.32 Å². The number of rotatable bonds is 7. The Balaban J connectivity index is 1.60. The third-order valence-corrected chi connectivity index (χ3v) is 7.79. The predicted octanol–water partition coefficient (Wildman–Crippen LogP) is 3.92. The van der Waals surface area contributed by atoms with Gasteiger partial charge in [0.1, 0.15) is 5.82 Å². The highest BCUT2D eigenvalue weighted by Crippen LogP contribution is 2.27. The van der Waals surface area contributed by atoms with Gasteiger partial charge in [0.15, 0.2) is 6.10 Å². The van der Waals surface area contributed by atoms with Gasteiger partial charge in [0.2, 0.25) is 10.0 Å². The standard InChI is InChI=1S/C25H31FN2O5S/c1-16-13-17(2)15-28(14-16)34(31,32)23-11-7-21(8-12-23)25(30)33-19(4)24(29)27-18(3)20-5-9-22(26)10-6-20/h5-12,16-19H,13-15H2,1-4H3,(H,27,29). The van der Waals surface area contributed by atoms with Crippen molar-refractivity contribution in [1.29, 1.82) is 0 Å². The lowest BCUT2D eigenvalue weighted by atomic mass is 9.94. The van der Waals surface area contributed by atoms with Crippen LogP contribution in [0.3, 0.4) is 0 Å². The summed E-state index contributed by atoms with van der Waals surface area (Å²) in [7, 11) is -3.66. The average molecular weight is 491 g/mol. The number of benzene rings is 2. The van der Waals surface area contributed by atoms with Crippen LogP contribution in [-0.4, -0.2) is 43.8 Å². The fraction of sp³-hybridized carbons (Fsp3) is 0.440. The Morgan fingerprint density at radius 1 is 1.00 bits per heavy atom. The lowest BCUT2D eigenvalue weighted by Crippen LogP contribution is -2.42. The number of hydrogen-bond donors (Lipinski definition) is 1. The topological polar surface area (TPSA) is 92.8 Å². The summed E-state index contributed by atoms with van der Waals surface area (Å²) in [5.41, 5.74) is 0.855. The van der Waals surface area contributed by atoms with Crippen LogP contribution in [-0.2, 0) is 19.6 Å². The molecule has 4 unspecified atom stereocenters. The molecular weight excluding hydrogens is 459 g/mol. The van der Waals surface area contributed by atoms with Crippen molar-refractivity contribution in [2.45, 2.75) is 51.2 Å². The number of ether oxygens (including phenoxy) is 1. The summed E-state index contributed by atoms with van der Waals surface area (Å²) in [6.07, 6.45) is -0.0826. The lowest BCUT2D eigenvalue weighted by Gasteiger charge is -2.34. The van der Waals surface area contributed by atoms with Crippen LogP contribution in [0.15, 0.2) is 53.4 Å². The Hall–Kier alpha value is -2.78. The highest BCUT2D eigenvalue weighted by molar-refractivity contribution is 7.89.